The van der Waals surface area contributed by atoms with Crippen molar-refractivity contribution >= 4 is 0 Å². The monoisotopic (exact) mass is 301 g/mol. The highest BCUT2D eigenvalue weighted by molar-refractivity contribution is 4.98. The van der Waals surface area contributed by atoms with Crippen molar-refractivity contribution in [3.05, 3.63) is 0 Å². The van der Waals surface area contributed by atoms with Crippen molar-refractivity contribution < 1.29 is 14.6 Å². The number of hydrogen-bond donors (Lipinski definition) is 2. The van der Waals surface area contributed by atoms with Crippen LogP contribution in [0.1, 0.15) is 58.8 Å². The average Bonchev–Trinajstić information content (AvgIpc) is 2.91. The molecule has 1 fully saturated rings. The molecule has 0 aromatic heterocycles. The molecule has 0 amide bonds. The van der Waals surface area contributed by atoms with E-state index in [4.69, 9.17) is 9.47 Å². The molecule has 1 aliphatic carbocycles. The van der Waals surface area contributed by atoms with Crippen LogP contribution in [-0.4, -0.2) is 50.2 Å². The van der Waals surface area contributed by atoms with E-state index in [1.165, 1.54) is 19.3 Å². The number of ether oxygens (including phenoxy) is 2. The molecule has 2 unspecified atom stereocenters. The van der Waals surface area contributed by atoms with E-state index in [-0.39, 0.29) is 12.1 Å². The molecule has 2 N–H and O–H groups in total. The molecule has 0 aromatic carbocycles. The predicted octanol–water partition coefficient (Wildman–Crippen LogP) is 2.74. The summed E-state index contributed by atoms with van der Waals surface area (Å²) in [6.45, 7) is 8.58. The van der Waals surface area contributed by atoms with Gasteiger partial charge in [0.05, 0.1) is 19.8 Å². The molecular formula is C17H35NO3. The Balaban J connectivity index is 2.14. The maximum Gasteiger partial charge on any atom is 0.0700 e. The topological polar surface area (TPSA) is 50.7 Å². The Bertz CT molecular complexity index is 250. The summed E-state index contributed by atoms with van der Waals surface area (Å²) in [5.74, 6) is 0.537. The Labute approximate surface area is 130 Å². The zero-order valence-corrected chi connectivity index (χ0v) is 14.0. The van der Waals surface area contributed by atoms with Crippen LogP contribution in [0.25, 0.3) is 0 Å². The van der Waals surface area contributed by atoms with Gasteiger partial charge in [0, 0.05) is 18.8 Å². The fraction of sp³-hybridized carbons (Fsp3) is 1.00. The zero-order valence-electron chi connectivity index (χ0n) is 14.0. The lowest BCUT2D eigenvalue weighted by molar-refractivity contribution is 0.0334. The van der Waals surface area contributed by atoms with E-state index in [2.05, 4.69) is 19.2 Å². The SMILES string of the molecule is CCCCOCCOCCC1CCCC1(CO)NCCC. The van der Waals surface area contributed by atoms with Crippen molar-refractivity contribution in [3.8, 4) is 0 Å². The maximum absolute atomic E-state index is 9.81. The van der Waals surface area contributed by atoms with E-state index < -0.39 is 0 Å². The van der Waals surface area contributed by atoms with Crippen LogP contribution >= 0.6 is 0 Å². The maximum atomic E-state index is 9.81. The van der Waals surface area contributed by atoms with Crippen LogP contribution in [0.4, 0.5) is 0 Å². The fourth-order valence-corrected chi connectivity index (χ4v) is 3.23. The molecule has 0 heterocycles. The van der Waals surface area contributed by atoms with Crippen LogP contribution < -0.4 is 5.32 Å². The Morgan fingerprint density at radius 2 is 1.86 bits per heavy atom. The Morgan fingerprint density at radius 3 is 2.52 bits per heavy atom. The third kappa shape index (κ3) is 6.64. The minimum absolute atomic E-state index is 0.0585. The first-order valence-corrected chi connectivity index (χ1v) is 8.80. The van der Waals surface area contributed by atoms with Gasteiger partial charge in [-0.15, -0.1) is 0 Å². The highest BCUT2D eigenvalue weighted by Crippen LogP contribution is 2.37. The molecule has 0 aromatic rings. The smallest absolute Gasteiger partial charge is 0.0700 e. The highest BCUT2D eigenvalue weighted by Gasteiger charge is 2.41. The minimum Gasteiger partial charge on any atom is -0.394 e. The Hall–Kier alpha value is -0.160. The molecule has 0 aliphatic heterocycles. The summed E-state index contributed by atoms with van der Waals surface area (Å²) in [4.78, 5) is 0. The summed E-state index contributed by atoms with van der Waals surface area (Å²) in [5.41, 5.74) is -0.0585. The second kappa shape index (κ2) is 11.4. The standard InChI is InChI=1S/C17H35NO3/c1-3-5-11-20-13-14-21-12-8-16-7-6-9-17(16,15-19)18-10-4-2/h16,18-19H,3-15H2,1-2H3. The van der Waals surface area contributed by atoms with Gasteiger partial charge in [-0.05, 0) is 44.6 Å². The summed E-state index contributed by atoms with van der Waals surface area (Å²) in [5, 5.41) is 13.4. The number of aliphatic hydroxyl groups is 1. The summed E-state index contributed by atoms with van der Waals surface area (Å²) in [6, 6.07) is 0. The average molecular weight is 301 g/mol. The lowest BCUT2D eigenvalue weighted by Crippen LogP contribution is -2.51. The Morgan fingerprint density at radius 1 is 1.10 bits per heavy atom. The quantitative estimate of drug-likeness (QED) is 0.514. The molecule has 4 nitrogen and oxygen atoms in total. The molecule has 0 bridgehead atoms. The van der Waals surface area contributed by atoms with Gasteiger partial charge in [0.1, 0.15) is 0 Å². The van der Waals surface area contributed by atoms with E-state index >= 15 is 0 Å². The number of unbranched alkanes of at least 4 members (excludes halogenated alkanes) is 1. The van der Waals surface area contributed by atoms with E-state index in [0.29, 0.717) is 19.1 Å². The van der Waals surface area contributed by atoms with Crippen molar-refractivity contribution in [1.82, 2.24) is 5.32 Å². The number of nitrogens with one attached hydrogen (secondary N) is 1. The van der Waals surface area contributed by atoms with Gasteiger partial charge in [-0.3, -0.25) is 0 Å². The fourth-order valence-electron chi connectivity index (χ4n) is 3.23. The second-order valence-corrected chi connectivity index (χ2v) is 6.20. The number of rotatable bonds is 13. The lowest BCUT2D eigenvalue weighted by atomic mass is 9.85. The largest absolute Gasteiger partial charge is 0.394 e. The molecule has 1 aliphatic rings. The molecule has 126 valence electrons. The van der Waals surface area contributed by atoms with Gasteiger partial charge < -0.3 is 19.9 Å². The summed E-state index contributed by atoms with van der Waals surface area (Å²) < 4.78 is 11.2. The van der Waals surface area contributed by atoms with Gasteiger partial charge in [0.2, 0.25) is 0 Å². The number of aliphatic hydroxyl groups excluding tert-OH is 1. The number of hydrogen-bond acceptors (Lipinski definition) is 4. The lowest BCUT2D eigenvalue weighted by Gasteiger charge is -2.35. The zero-order chi connectivity index (χ0) is 15.4. The third-order valence-electron chi connectivity index (χ3n) is 4.59. The van der Waals surface area contributed by atoms with Crippen molar-refractivity contribution in [3.63, 3.8) is 0 Å². The molecule has 2 atom stereocenters. The molecule has 1 saturated carbocycles. The van der Waals surface area contributed by atoms with Crippen molar-refractivity contribution in [2.45, 2.75) is 64.3 Å². The minimum atomic E-state index is -0.0585. The van der Waals surface area contributed by atoms with Gasteiger partial charge in [-0.25, -0.2) is 0 Å². The molecule has 0 spiro atoms. The summed E-state index contributed by atoms with van der Waals surface area (Å²) in [7, 11) is 0. The molecule has 0 saturated heterocycles. The van der Waals surface area contributed by atoms with Gasteiger partial charge in [-0.1, -0.05) is 26.7 Å². The van der Waals surface area contributed by atoms with Crippen molar-refractivity contribution in [2.75, 3.05) is 39.6 Å². The summed E-state index contributed by atoms with van der Waals surface area (Å²) >= 11 is 0. The normalized spacial score (nSPS) is 25.6. The molecule has 1 rings (SSSR count). The van der Waals surface area contributed by atoms with E-state index in [1.54, 1.807) is 0 Å². The molecule has 0 radical (unpaired) electrons. The van der Waals surface area contributed by atoms with Crippen LogP contribution in [0.5, 0.6) is 0 Å². The van der Waals surface area contributed by atoms with Crippen LogP contribution in [0.3, 0.4) is 0 Å². The molecular weight excluding hydrogens is 266 g/mol. The first-order valence-electron chi connectivity index (χ1n) is 8.80. The van der Waals surface area contributed by atoms with Crippen LogP contribution in [-0.2, 0) is 9.47 Å². The summed E-state index contributed by atoms with van der Waals surface area (Å²) in [6.07, 6.45) is 7.96. The van der Waals surface area contributed by atoms with Crippen LogP contribution in [0.2, 0.25) is 0 Å². The van der Waals surface area contributed by atoms with E-state index in [9.17, 15) is 5.11 Å². The van der Waals surface area contributed by atoms with E-state index in [1.807, 2.05) is 0 Å². The highest BCUT2D eigenvalue weighted by atomic mass is 16.5. The van der Waals surface area contributed by atoms with Crippen LogP contribution in [0, 0.1) is 5.92 Å². The van der Waals surface area contributed by atoms with Crippen molar-refractivity contribution in [2.24, 2.45) is 5.92 Å². The second-order valence-electron chi connectivity index (χ2n) is 6.20. The van der Waals surface area contributed by atoms with E-state index in [0.717, 1.165) is 45.4 Å². The van der Waals surface area contributed by atoms with Crippen molar-refractivity contribution in [1.29, 1.82) is 0 Å². The van der Waals surface area contributed by atoms with Gasteiger partial charge in [-0.2, -0.15) is 0 Å². The molecule has 4 heteroatoms. The first kappa shape index (κ1) is 18.9. The first-order chi connectivity index (χ1) is 10.3. The van der Waals surface area contributed by atoms with Crippen LogP contribution in [0.15, 0.2) is 0 Å². The Kier molecular flexibility index (Phi) is 10.3. The molecule has 21 heavy (non-hydrogen) atoms. The predicted molar refractivity (Wildman–Crippen MR) is 86.6 cm³/mol. The van der Waals surface area contributed by atoms with Gasteiger partial charge in [0.25, 0.3) is 0 Å². The van der Waals surface area contributed by atoms with Gasteiger partial charge >= 0.3 is 0 Å². The van der Waals surface area contributed by atoms with Gasteiger partial charge in [0.15, 0.2) is 0 Å². The third-order valence-corrected chi connectivity index (χ3v) is 4.59.